The molecule has 0 aliphatic heterocycles. The standard InChI is InChI=1S/C13H24/c1-3-11-7-5-9-13(11)10-6-8-12(13)4-2/h11-12H,3-10H2,1-2H3/t11-,12+,13?. The number of rotatable bonds is 2. The Kier molecular flexibility index (Phi) is 2.67. The fraction of sp³-hybridized carbons (Fsp3) is 1.00. The van der Waals surface area contributed by atoms with E-state index in [1.807, 2.05) is 0 Å². The van der Waals surface area contributed by atoms with E-state index in [2.05, 4.69) is 13.8 Å². The minimum atomic E-state index is 0.823. The van der Waals surface area contributed by atoms with Crippen molar-refractivity contribution in [1.29, 1.82) is 0 Å². The van der Waals surface area contributed by atoms with Crippen LogP contribution in [0.15, 0.2) is 0 Å². The molecule has 2 aliphatic rings. The maximum absolute atomic E-state index is 2.41. The molecule has 2 rings (SSSR count). The van der Waals surface area contributed by atoms with Gasteiger partial charge in [-0.25, -0.2) is 0 Å². The third kappa shape index (κ3) is 1.33. The summed E-state index contributed by atoms with van der Waals surface area (Å²) < 4.78 is 0. The van der Waals surface area contributed by atoms with Crippen molar-refractivity contribution in [2.24, 2.45) is 17.3 Å². The van der Waals surface area contributed by atoms with Gasteiger partial charge in [-0.3, -0.25) is 0 Å². The third-order valence-electron chi connectivity index (χ3n) is 5.00. The van der Waals surface area contributed by atoms with Gasteiger partial charge in [0.15, 0.2) is 0 Å². The quantitative estimate of drug-likeness (QED) is 0.591. The molecule has 2 aliphatic carbocycles. The summed E-state index contributed by atoms with van der Waals surface area (Å²) in [6.07, 6.45) is 12.1. The summed E-state index contributed by atoms with van der Waals surface area (Å²) in [7, 11) is 0. The van der Waals surface area contributed by atoms with Crippen LogP contribution in [0, 0.1) is 17.3 Å². The zero-order chi connectivity index (χ0) is 9.31. The first-order valence-corrected chi connectivity index (χ1v) is 6.33. The molecular formula is C13H24. The average Bonchev–Trinajstić information content (AvgIpc) is 2.74. The van der Waals surface area contributed by atoms with Gasteiger partial charge in [-0.15, -0.1) is 0 Å². The zero-order valence-electron chi connectivity index (χ0n) is 9.31. The molecule has 0 nitrogen and oxygen atoms in total. The molecule has 0 bridgehead atoms. The number of hydrogen-bond acceptors (Lipinski definition) is 0. The van der Waals surface area contributed by atoms with Crippen molar-refractivity contribution in [3.8, 4) is 0 Å². The van der Waals surface area contributed by atoms with Gasteiger partial charge >= 0.3 is 0 Å². The minimum absolute atomic E-state index is 0.823. The highest BCUT2D eigenvalue weighted by molar-refractivity contribution is 4.99. The molecule has 76 valence electrons. The summed E-state index contributed by atoms with van der Waals surface area (Å²) >= 11 is 0. The lowest BCUT2D eigenvalue weighted by molar-refractivity contribution is 0.125. The number of hydrogen-bond donors (Lipinski definition) is 0. The lowest BCUT2D eigenvalue weighted by Crippen LogP contribution is -2.29. The van der Waals surface area contributed by atoms with E-state index in [-0.39, 0.29) is 0 Å². The van der Waals surface area contributed by atoms with Crippen molar-refractivity contribution >= 4 is 0 Å². The van der Waals surface area contributed by atoms with E-state index >= 15 is 0 Å². The molecule has 1 unspecified atom stereocenters. The SMILES string of the molecule is CC[C@@H]1CCCC12CCC[C@@H]2CC. The molecular weight excluding hydrogens is 156 g/mol. The Morgan fingerprint density at radius 1 is 0.923 bits per heavy atom. The van der Waals surface area contributed by atoms with Gasteiger partial charge in [-0.05, 0) is 42.9 Å². The van der Waals surface area contributed by atoms with E-state index in [9.17, 15) is 0 Å². The van der Waals surface area contributed by atoms with Crippen LogP contribution in [-0.2, 0) is 0 Å². The first kappa shape index (κ1) is 9.55. The fourth-order valence-electron chi connectivity index (χ4n) is 4.43. The van der Waals surface area contributed by atoms with Crippen LogP contribution in [0.1, 0.15) is 65.2 Å². The Bertz CT molecular complexity index is 151. The summed E-state index contributed by atoms with van der Waals surface area (Å²) in [5, 5.41) is 0. The van der Waals surface area contributed by atoms with Gasteiger partial charge < -0.3 is 0 Å². The van der Waals surface area contributed by atoms with Crippen LogP contribution in [0.5, 0.6) is 0 Å². The zero-order valence-corrected chi connectivity index (χ0v) is 9.31. The molecule has 0 aromatic carbocycles. The van der Waals surface area contributed by atoms with E-state index in [4.69, 9.17) is 0 Å². The van der Waals surface area contributed by atoms with E-state index in [0.29, 0.717) is 0 Å². The van der Waals surface area contributed by atoms with Crippen molar-refractivity contribution in [3.05, 3.63) is 0 Å². The van der Waals surface area contributed by atoms with Crippen molar-refractivity contribution < 1.29 is 0 Å². The second-order valence-corrected chi connectivity index (χ2v) is 5.23. The van der Waals surface area contributed by atoms with E-state index in [1.165, 1.54) is 38.5 Å². The molecule has 2 saturated carbocycles. The topological polar surface area (TPSA) is 0 Å². The Morgan fingerprint density at radius 3 is 1.77 bits per heavy atom. The van der Waals surface area contributed by atoms with Gasteiger partial charge in [-0.2, -0.15) is 0 Å². The van der Waals surface area contributed by atoms with Gasteiger partial charge in [0.05, 0.1) is 0 Å². The van der Waals surface area contributed by atoms with E-state index in [0.717, 1.165) is 17.3 Å². The molecule has 0 radical (unpaired) electrons. The van der Waals surface area contributed by atoms with Crippen LogP contribution in [-0.4, -0.2) is 0 Å². The highest BCUT2D eigenvalue weighted by Gasteiger charge is 2.48. The summed E-state index contributed by atoms with van der Waals surface area (Å²) in [4.78, 5) is 0. The van der Waals surface area contributed by atoms with Gasteiger partial charge in [0, 0.05) is 0 Å². The highest BCUT2D eigenvalue weighted by Crippen LogP contribution is 2.59. The fourth-order valence-corrected chi connectivity index (χ4v) is 4.43. The predicted octanol–water partition coefficient (Wildman–Crippen LogP) is 4.39. The van der Waals surface area contributed by atoms with Crippen LogP contribution in [0.3, 0.4) is 0 Å². The van der Waals surface area contributed by atoms with Crippen LogP contribution in [0.25, 0.3) is 0 Å². The Balaban J connectivity index is 2.16. The van der Waals surface area contributed by atoms with Crippen molar-refractivity contribution in [2.75, 3.05) is 0 Å². The van der Waals surface area contributed by atoms with Gasteiger partial charge in [0.25, 0.3) is 0 Å². The molecule has 0 N–H and O–H groups in total. The summed E-state index contributed by atoms with van der Waals surface area (Å²) in [6.45, 7) is 4.81. The molecule has 0 heteroatoms. The molecule has 2 fully saturated rings. The third-order valence-corrected chi connectivity index (χ3v) is 5.00. The molecule has 0 heterocycles. The average molecular weight is 180 g/mol. The Morgan fingerprint density at radius 2 is 1.38 bits per heavy atom. The maximum Gasteiger partial charge on any atom is -0.0241 e. The van der Waals surface area contributed by atoms with Gasteiger partial charge in [0.1, 0.15) is 0 Å². The molecule has 0 aromatic rings. The van der Waals surface area contributed by atoms with E-state index < -0.39 is 0 Å². The Hall–Kier alpha value is 0. The van der Waals surface area contributed by atoms with Crippen LogP contribution in [0.2, 0.25) is 0 Å². The maximum atomic E-state index is 2.41. The molecule has 1 spiro atoms. The lowest BCUT2D eigenvalue weighted by Gasteiger charge is -2.37. The molecule has 3 atom stereocenters. The molecule has 0 saturated heterocycles. The second kappa shape index (κ2) is 3.63. The minimum Gasteiger partial charge on any atom is -0.0651 e. The predicted molar refractivity (Wildman–Crippen MR) is 57.7 cm³/mol. The van der Waals surface area contributed by atoms with E-state index in [1.54, 1.807) is 12.8 Å². The Labute approximate surface area is 83.1 Å². The van der Waals surface area contributed by atoms with Crippen LogP contribution < -0.4 is 0 Å². The van der Waals surface area contributed by atoms with Crippen molar-refractivity contribution in [1.82, 2.24) is 0 Å². The van der Waals surface area contributed by atoms with Gasteiger partial charge in [0.2, 0.25) is 0 Å². The normalized spacial score (nSPS) is 44.8. The second-order valence-electron chi connectivity index (χ2n) is 5.23. The van der Waals surface area contributed by atoms with Gasteiger partial charge in [-0.1, -0.05) is 39.5 Å². The summed E-state index contributed by atoms with van der Waals surface area (Å²) in [5.74, 6) is 2.17. The molecule has 0 aromatic heterocycles. The van der Waals surface area contributed by atoms with Crippen molar-refractivity contribution in [3.63, 3.8) is 0 Å². The van der Waals surface area contributed by atoms with Crippen LogP contribution in [0.4, 0.5) is 0 Å². The lowest BCUT2D eigenvalue weighted by atomic mass is 9.68. The largest absolute Gasteiger partial charge is 0.0651 e. The monoisotopic (exact) mass is 180 g/mol. The van der Waals surface area contributed by atoms with Crippen LogP contribution >= 0.6 is 0 Å². The summed E-state index contributed by atoms with van der Waals surface area (Å²) in [6, 6.07) is 0. The molecule has 0 amide bonds. The van der Waals surface area contributed by atoms with Crippen molar-refractivity contribution in [2.45, 2.75) is 65.2 Å². The first-order valence-electron chi connectivity index (χ1n) is 6.33. The highest BCUT2D eigenvalue weighted by atomic mass is 14.5. The molecule has 13 heavy (non-hydrogen) atoms. The first-order chi connectivity index (χ1) is 6.33. The smallest absolute Gasteiger partial charge is 0.0241 e. The summed E-state index contributed by atoms with van der Waals surface area (Å²) in [5.41, 5.74) is 0.823.